The van der Waals surface area contributed by atoms with Gasteiger partial charge in [0.25, 0.3) is 0 Å². The Bertz CT molecular complexity index is 328. The molecule has 1 aliphatic heterocycles. The minimum atomic E-state index is -0.393. The van der Waals surface area contributed by atoms with Gasteiger partial charge in [-0.2, -0.15) is 0 Å². The lowest BCUT2D eigenvalue weighted by Gasteiger charge is -2.38. The number of amides is 2. The predicted molar refractivity (Wildman–Crippen MR) is 62.3 cm³/mol. The molecule has 1 aliphatic carbocycles. The number of piperazine rings is 1. The van der Waals surface area contributed by atoms with E-state index in [0.717, 1.165) is 12.8 Å². The van der Waals surface area contributed by atoms with Gasteiger partial charge >= 0.3 is 0 Å². The third kappa shape index (κ3) is 2.44. The summed E-state index contributed by atoms with van der Waals surface area (Å²) in [7, 11) is 1.61. The molecule has 1 heterocycles. The number of methoxy groups -OCH3 is 1. The molecule has 3 atom stereocenters. The van der Waals surface area contributed by atoms with Gasteiger partial charge in [-0.3, -0.25) is 9.59 Å². The minimum absolute atomic E-state index is 0.0449. The highest BCUT2D eigenvalue weighted by Gasteiger charge is 2.45. The Morgan fingerprint density at radius 1 is 1.47 bits per heavy atom. The molecule has 2 amide bonds. The quantitative estimate of drug-likeness (QED) is 0.761. The minimum Gasteiger partial charge on any atom is -0.380 e. The van der Waals surface area contributed by atoms with Crippen molar-refractivity contribution in [2.75, 3.05) is 13.7 Å². The van der Waals surface area contributed by atoms with Crippen LogP contribution >= 0.6 is 0 Å². The molecule has 1 saturated carbocycles. The van der Waals surface area contributed by atoms with Gasteiger partial charge in [-0.1, -0.05) is 0 Å². The lowest BCUT2D eigenvalue weighted by Crippen LogP contribution is -2.64. The van der Waals surface area contributed by atoms with Crippen molar-refractivity contribution in [3.63, 3.8) is 0 Å². The fraction of sp³-hybridized carbons (Fsp3) is 0.833. The summed E-state index contributed by atoms with van der Waals surface area (Å²) in [6, 6.07) is -0.696. The Hall–Kier alpha value is -1.10. The van der Waals surface area contributed by atoms with Crippen LogP contribution in [0.3, 0.4) is 0 Å². The number of carbonyl (C=O) groups excluding carboxylic acids is 2. The highest BCUT2D eigenvalue weighted by molar-refractivity contribution is 5.97. The fourth-order valence-corrected chi connectivity index (χ4v) is 2.20. The van der Waals surface area contributed by atoms with E-state index in [1.807, 2.05) is 6.92 Å². The average molecular weight is 240 g/mol. The van der Waals surface area contributed by atoms with Crippen LogP contribution < -0.4 is 5.32 Å². The summed E-state index contributed by atoms with van der Waals surface area (Å²) in [5.41, 5.74) is 0. The molecule has 17 heavy (non-hydrogen) atoms. The summed E-state index contributed by atoms with van der Waals surface area (Å²) in [6.45, 7) is 4.14. The fourth-order valence-electron chi connectivity index (χ4n) is 2.20. The molecular formula is C12H20N2O3. The lowest BCUT2D eigenvalue weighted by atomic mass is 10.0. The van der Waals surface area contributed by atoms with E-state index in [4.69, 9.17) is 4.74 Å². The van der Waals surface area contributed by atoms with Crippen molar-refractivity contribution in [3.05, 3.63) is 0 Å². The Morgan fingerprint density at radius 2 is 2.12 bits per heavy atom. The van der Waals surface area contributed by atoms with E-state index in [2.05, 4.69) is 5.32 Å². The van der Waals surface area contributed by atoms with E-state index in [1.54, 1.807) is 18.9 Å². The van der Waals surface area contributed by atoms with Crippen LogP contribution in [0.2, 0.25) is 0 Å². The summed E-state index contributed by atoms with van der Waals surface area (Å²) in [6.07, 6.45) is 2.03. The van der Waals surface area contributed by atoms with Gasteiger partial charge in [-0.15, -0.1) is 0 Å². The van der Waals surface area contributed by atoms with Gasteiger partial charge in [-0.25, -0.2) is 0 Å². The zero-order valence-corrected chi connectivity index (χ0v) is 10.6. The molecule has 0 bridgehead atoms. The molecule has 1 N–H and O–H groups in total. The second-order valence-corrected chi connectivity index (χ2v) is 5.04. The second-order valence-electron chi connectivity index (χ2n) is 5.04. The molecule has 96 valence electrons. The highest BCUT2D eigenvalue weighted by atomic mass is 16.5. The SMILES string of the molecule is COC(C)CN1C(=O)C(C2CC2)NC(=O)C1C. The van der Waals surface area contributed by atoms with Gasteiger partial charge in [0.05, 0.1) is 6.10 Å². The monoisotopic (exact) mass is 240 g/mol. The molecule has 3 unspecified atom stereocenters. The van der Waals surface area contributed by atoms with Crippen molar-refractivity contribution >= 4 is 11.8 Å². The van der Waals surface area contributed by atoms with Crippen LogP contribution in [0.25, 0.3) is 0 Å². The van der Waals surface area contributed by atoms with E-state index >= 15 is 0 Å². The number of nitrogens with one attached hydrogen (secondary N) is 1. The Labute approximate surface area is 101 Å². The molecule has 2 aliphatic rings. The predicted octanol–water partition coefficient (Wildman–Crippen LogP) is 0.147. The van der Waals surface area contributed by atoms with Gasteiger partial charge in [0.2, 0.25) is 11.8 Å². The molecule has 0 spiro atoms. The lowest BCUT2D eigenvalue weighted by molar-refractivity contribution is -0.150. The third-order valence-electron chi connectivity index (χ3n) is 3.64. The number of hydrogen-bond acceptors (Lipinski definition) is 3. The summed E-state index contributed by atoms with van der Waals surface area (Å²) in [5.74, 6) is 0.340. The number of carbonyl (C=O) groups is 2. The number of rotatable bonds is 4. The molecule has 1 saturated heterocycles. The van der Waals surface area contributed by atoms with Gasteiger partial charge in [0.1, 0.15) is 12.1 Å². The largest absolute Gasteiger partial charge is 0.380 e. The van der Waals surface area contributed by atoms with E-state index in [9.17, 15) is 9.59 Å². The first-order valence-electron chi connectivity index (χ1n) is 6.18. The zero-order chi connectivity index (χ0) is 12.6. The molecule has 0 aromatic rings. The van der Waals surface area contributed by atoms with Gasteiger partial charge < -0.3 is 15.0 Å². The first-order chi connectivity index (χ1) is 8.04. The summed E-state index contributed by atoms with van der Waals surface area (Å²) < 4.78 is 5.17. The maximum atomic E-state index is 12.3. The number of ether oxygens (including phenoxy) is 1. The molecule has 2 rings (SSSR count). The molecule has 0 aromatic carbocycles. The van der Waals surface area contributed by atoms with Gasteiger partial charge in [0.15, 0.2) is 0 Å². The Morgan fingerprint density at radius 3 is 2.65 bits per heavy atom. The van der Waals surface area contributed by atoms with E-state index in [1.165, 1.54) is 0 Å². The van der Waals surface area contributed by atoms with Crippen molar-refractivity contribution in [1.82, 2.24) is 10.2 Å². The average Bonchev–Trinajstić information content (AvgIpc) is 3.13. The van der Waals surface area contributed by atoms with Crippen molar-refractivity contribution in [2.24, 2.45) is 5.92 Å². The maximum absolute atomic E-state index is 12.3. The smallest absolute Gasteiger partial charge is 0.246 e. The standard InChI is InChI=1S/C12H20N2O3/c1-7(17-3)6-14-8(2)11(15)13-10(12(14)16)9-4-5-9/h7-10H,4-6H2,1-3H3,(H,13,15). The summed E-state index contributed by atoms with van der Waals surface area (Å²) in [5, 5.41) is 2.83. The molecule has 5 nitrogen and oxygen atoms in total. The van der Waals surface area contributed by atoms with Crippen LogP contribution in [0, 0.1) is 5.92 Å². The van der Waals surface area contributed by atoms with Crippen LogP contribution in [0.5, 0.6) is 0 Å². The normalized spacial score (nSPS) is 31.4. The molecular weight excluding hydrogens is 220 g/mol. The number of nitrogens with zero attached hydrogens (tertiary/aromatic N) is 1. The highest BCUT2D eigenvalue weighted by Crippen LogP contribution is 2.35. The van der Waals surface area contributed by atoms with E-state index in [-0.39, 0.29) is 24.0 Å². The third-order valence-corrected chi connectivity index (χ3v) is 3.64. The van der Waals surface area contributed by atoms with E-state index < -0.39 is 6.04 Å². The van der Waals surface area contributed by atoms with Crippen molar-refractivity contribution in [1.29, 1.82) is 0 Å². The zero-order valence-electron chi connectivity index (χ0n) is 10.6. The van der Waals surface area contributed by atoms with Crippen LogP contribution in [-0.2, 0) is 14.3 Å². The Balaban J connectivity index is 2.09. The van der Waals surface area contributed by atoms with Crippen LogP contribution in [0.1, 0.15) is 26.7 Å². The van der Waals surface area contributed by atoms with Crippen LogP contribution in [0.15, 0.2) is 0 Å². The second kappa shape index (κ2) is 4.64. The van der Waals surface area contributed by atoms with E-state index in [0.29, 0.717) is 12.5 Å². The van der Waals surface area contributed by atoms with Gasteiger partial charge in [0, 0.05) is 13.7 Å². The van der Waals surface area contributed by atoms with Crippen LogP contribution in [-0.4, -0.2) is 48.6 Å². The first-order valence-corrected chi connectivity index (χ1v) is 6.18. The molecule has 0 radical (unpaired) electrons. The Kier molecular flexibility index (Phi) is 3.38. The number of hydrogen-bond donors (Lipinski definition) is 1. The van der Waals surface area contributed by atoms with Crippen molar-refractivity contribution in [3.8, 4) is 0 Å². The van der Waals surface area contributed by atoms with Crippen molar-refractivity contribution < 1.29 is 14.3 Å². The summed E-state index contributed by atoms with van der Waals surface area (Å²) >= 11 is 0. The first kappa shape index (κ1) is 12.4. The van der Waals surface area contributed by atoms with Crippen LogP contribution in [0.4, 0.5) is 0 Å². The molecule has 5 heteroatoms. The molecule has 0 aromatic heterocycles. The summed E-state index contributed by atoms with van der Waals surface area (Å²) in [4.78, 5) is 25.7. The topological polar surface area (TPSA) is 58.6 Å². The molecule has 2 fully saturated rings. The van der Waals surface area contributed by atoms with Crippen molar-refractivity contribution in [2.45, 2.75) is 44.9 Å². The van der Waals surface area contributed by atoms with Gasteiger partial charge in [-0.05, 0) is 32.6 Å². The maximum Gasteiger partial charge on any atom is 0.246 e.